The molecule has 0 atom stereocenters. The first-order chi connectivity index (χ1) is 6.72. The average molecular weight is 212 g/mol. The van der Waals surface area contributed by atoms with Gasteiger partial charge in [0.15, 0.2) is 0 Å². The molecule has 3 nitrogen and oxygen atoms in total. The maximum atomic E-state index is 5.45. The van der Waals surface area contributed by atoms with Gasteiger partial charge >= 0.3 is 0 Å². The molecule has 0 spiro atoms. The van der Waals surface area contributed by atoms with Gasteiger partial charge in [0.25, 0.3) is 0 Å². The normalized spacial score (nSPS) is 10.4. The van der Waals surface area contributed by atoms with Gasteiger partial charge in [-0.1, -0.05) is 5.57 Å². The lowest BCUT2D eigenvalue weighted by atomic mass is 10.3. The Labute approximate surface area is 88.6 Å². The number of ether oxygens (including phenoxy) is 1. The van der Waals surface area contributed by atoms with E-state index in [9.17, 15) is 0 Å². The molecule has 0 bridgehead atoms. The maximum absolute atomic E-state index is 5.45. The van der Waals surface area contributed by atoms with Crippen LogP contribution in [-0.2, 0) is 17.9 Å². The van der Waals surface area contributed by atoms with Crippen molar-refractivity contribution in [3.8, 4) is 0 Å². The minimum absolute atomic E-state index is 0.510. The molecule has 1 heterocycles. The van der Waals surface area contributed by atoms with E-state index in [1.165, 1.54) is 0 Å². The number of rotatable bonds is 6. The van der Waals surface area contributed by atoms with E-state index in [1.54, 1.807) is 11.3 Å². The van der Waals surface area contributed by atoms with Crippen LogP contribution in [0.4, 0.5) is 0 Å². The van der Waals surface area contributed by atoms with Gasteiger partial charge < -0.3 is 10.5 Å². The van der Waals surface area contributed by atoms with Crippen molar-refractivity contribution in [1.82, 2.24) is 4.98 Å². The van der Waals surface area contributed by atoms with E-state index < -0.39 is 0 Å². The molecule has 1 aromatic heterocycles. The van der Waals surface area contributed by atoms with Crippen molar-refractivity contribution in [3.63, 3.8) is 0 Å². The number of nitrogens with zero attached hydrogens (tertiary/aromatic N) is 1. The summed E-state index contributed by atoms with van der Waals surface area (Å²) in [6, 6.07) is 0. The molecule has 2 N–H and O–H groups in total. The SMILES string of the molecule is C=C(C)CCOCc1csc(CN)n1. The van der Waals surface area contributed by atoms with Crippen LogP contribution in [0.3, 0.4) is 0 Å². The summed E-state index contributed by atoms with van der Waals surface area (Å²) in [6.45, 7) is 7.60. The standard InChI is InChI=1S/C10H16N2OS/c1-8(2)3-4-13-6-9-7-14-10(5-11)12-9/h7H,1,3-6,11H2,2H3. The Morgan fingerprint density at radius 2 is 2.50 bits per heavy atom. The Morgan fingerprint density at radius 1 is 1.71 bits per heavy atom. The molecule has 0 saturated heterocycles. The van der Waals surface area contributed by atoms with E-state index in [4.69, 9.17) is 10.5 Å². The fourth-order valence-electron chi connectivity index (χ4n) is 0.932. The van der Waals surface area contributed by atoms with Crippen LogP contribution in [0, 0.1) is 0 Å². The fraction of sp³-hybridized carbons (Fsp3) is 0.500. The Hall–Kier alpha value is -0.710. The van der Waals surface area contributed by atoms with Crippen LogP contribution in [0.2, 0.25) is 0 Å². The molecule has 0 aromatic carbocycles. The van der Waals surface area contributed by atoms with Crippen LogP contribution in [0.5, 0.6) is 0 Å². The van der Waals surface area contributed by atoms with Crippen LogP contribution in [0.1, 0.15) is 24.0 Å². The van der Waals surface area contributed by atoms with Gasteiger partial charge in [-0.2, -0.15) is 0 Å². The highest BCUT2D eigenvalue weighted by Gasteiger charge is 1.99. The van der Waals surface area contributed by atoms with Gasteiger partial charge in [0, 0.05) is 11.9 Å². The summed E-state index contributed by atoms with van der Waals surface area (Å²) in [5.74, 6) is 0. The van der Waals surface area contributed by atoms with Crippen molar-refractivity contribution in [2.24, 2.45) is 5.73 Å². The molecule has 0 unspecified atom stereocenters. The lowest BCUT2D eigenvalue weighted by Crippen LogP contribution is -1.98. The van der Waals surface area contributed by atoms with Gasteiger partial charge in [-0.3, -0.25) is 0 Å². The van der Waals surface area contributed by atoms with Crippen molar-refractivity contribution in [2.45, 2.75) is 26.5 Å². The molecule has 1 aromatic rings. The molecule has 0 aliphatic heterocycles. The van der Waals surface area contributed by atoms with Gasteiger partial charge in [0.2, 0.25) is 0 Å². The minimum Gasteiger partial charge on any atom is -0.375 e. The van der Waals surface area contributed by atoms with Crippen LogP contribution < -0.4 is 5.73 Å². The Kier molecular flexibility index (Phi) is 4.79. The van der Waals surface area contributed by atoms with Crippen molar-refractivity contribution < 1.29 is 4.74 Å². The van der Waals surface area contributed by atoms with E-state index in [2.05, 4.69) is 11.6 Å². The Morgan fingerprint density at radius 3 is 3.07 bits per heavy atom. The van der Waals surface area contributed by atoms with E-state index >= 15 is 0 Å². The van der Waals surface area contributed by atoms with Crippen molar-refractivity contribution in [3.05, 3.63) is 28.2 Å². The third-order valence-electron chi connectivity index (χ3n) is 1.70. The first kappa shape index (κ1) is 11.4. The number of hydrogen-bond donors (Lipinski definition) is 1. The van der Waals surface area contributed by atoms with Gasteiger partial charge in [0.1, 0.15) is 5.01 Å². The average Bonchev–Trinajstić information content (AvgIpc) is 2.60. The molecule has 0 radical (unpaired) electrons. The summed E-state index contributed by atoms with van der Waals surface area (Å²) in [6.07, 6.45) is 0.911. The summed E-state index contributed by atoms with van der Waals surface area (Å²) >= 11 is 1.58. The molecule has 14 heavy (non-hydrogen) atoms. The summed E-state index contributed by atoms with van der Waals surface area (Å²) in [7, 11) is 0. The third kappa shape index (κ3) is 4.00. The lowest BCUT2D eigenvalue weighted by molar-refractivity contribution is 0.121. The monoisotopic (exact) mass is 212 g/mol. The Bertz CT molecular complexity index is 296. The predicted molar refractivity (Wildman–Crippen MR) is 59.1 cm³/mol. The summed E-state index contributed by atoms with van der Waals surface area (Å²) in [4.78, 5) is 4.29. The second kappa shape index (κ2) is 5.90. The number of thiazole rings is 1. The topological polar surface area (TPSA) is 48.1 Å². The lowest BCUT2D eigenvalue weighted by Gasteiger charge is -2.00. The van der Waals surface area contributed by atoms with E-state index in [-0.39, 0.29) is 0 Å². The zero-order valence-electron chi connectivity index (χ0n) is 8.45. The second-order valence-corrected chi connectivity index (χ2v) is 4.14. The van der Waals surface area contributed by atoms with Gasteiger partial charge in [-0.05, 0) is 13.3 Å². The maximum Gasteiger partial charge on any atom is 0.107 e. The summed E-state index contributed by atoms with van der Waals surface area (Å²) < 4.78 is 5.43. The highest BCUT2D eigenvalue weighted by Crippen LogP contribution is 2.10. The van der Waals surface area contributed by atoms with Crippen LogP contribution in [0.25, 0.3) is 0 Å². The first-order valence-corrected chi connectivity index (χ1v) is 5.46. The predicted octanol–water partition coefficient (Wildman–Crippen LogP) is 2.08. The molecule has 0 saturated carbocycles. The van der Waals surface area contributed by atoms with Crippen molar-refractivity contribution in [1.29, 1.82) is 0 Å². The smallest absolute Gasteiger partial charge is 0.107 e. The molecule has 0 fully saturated rings. The number of nitrogens with two attached hydrogens (primary N) is 1. The highest BCUT2D eigenvalue weighted by atomic mass is 32.1. The molecule has 0 aliphatic carbocycles. The van der Waals surface area contributed by atoms with E-state index in [0.717, 1.165) is 22.7 Å². The zero-order chi connectivity index (χ0) is 10.4. The second-order valence-electron chi connectivity index (χ2n) is 3.20. The van der Waals surface area contributed by atoms with Crippen molar-refractivity contribution in [2.75, 3.05) is 6.61 Å². The quantitative estimate of drug-likeness (QED) is 0.580. The van der Waals surface area contributed by atoms with Crippen molar-refractivity contribution >= 4 is 11.3 Å². The molecule has 78 valence electrons. The molecule has 4 heteroatoms. The number of hydrogen-bond acceptors (Lipinski definition) is 4. The van der Waals surface area contributed by atoms with Crippen LogP contribution >= 0.6 is 11.3 Å². The third-order valence-corrected chi connectivity index (χ3v) is 2.62. The molecule has 0 aliphatic rings. The summed E-state index contributed by atoms with van der Waals surface area (Å²) in [5, 5.41) is 2.95. The zero-order valence-corrected chi connectivity index (χ0v) is 9.27. The summed E-state index contributed by atoms with van der Waals surface area (Å²) in [5.41, 5.74) is 7.57. The molecule has 1 rings (SSSR count). The van der Waals surface area contributed by atoms with Crippen LogP contribution in [-0.4, -0.2) is 11.6 Å². The number of aromatic nitrogens is 1. The van der Waals surface area contributed by atoms with Gasteiger partial charge in [-0.15, -0.1) is 17.9 Å². The molecule has 0 amide bonds. The van der Waals surface area contributed by atoms with Gasteiger partial charge in [0.05, 0.1) is 18.9 Å². The fourth-order valence-corrected chi connectivity index (χ4v) is 1.59. The first-order valence-electron chi connectivity index (χ1n) is 4.58. The molecular formula is C10H16N2OS. The van der Waals surface area contributed by atoms with Gasteiger partial charge in [-0.25, -0.2) is 4.98 Å². The largest absolute Gasteiger partial charge is 0.375 e. The van der Waals surface area contributed by atoms with E-state index in [1.807, 2.05) is 12.3 Å². The molecular weight excluding hydrogens is 196 g/mol. The minimum atomic E-state index is 0.510. The van der Waals surface area contributed by atoms with Crippen LogP contribution in [0.15, 0.2) is 17.5 Å². The van der Waals surface area contributed by atoms with E-state index in [0.29, 0.717) is 19.8 Å². The highest BCUT2D eigenvalue weighted by molar-refractivity contribution is 7.09. The Balaban J connectivity index is 2.21.